The Hall–Kier alpha value is 0.130. The van der Waals surface area contributed by atoms with Crippen molar-refractivity contribution in [1.82, 2.24) is 10.2 Å². The molecule has 0 saturated carbocycles. The fraction of sp³-hybridized carbons (Fsp3) is 1.00. The lowest BCUT2D eigenvalue weighted by atomic mass is 9.88. The van der Waals surface area contributed by atoms with Crippen molar-refractivity contribution in [2.45, 2.75) is 30.9 Å². The van der Waals surface area contributed by atoms with Gasteiger partial charge in [0.15, 0.2) is 0 Å². The average molecular weight is 263 g/mol. The van der Waals surface area contributed by atoms with Crippen LogP contribution in [0.25, 0.3) is 0 Å². The zero-order valence-corrected chi connectivity index (χ0v) is 11.1. The number of piperidine rings is 1. The van der Waals surface area contributed by atoms with Crippen molar-refractivity contribution < 1.29 is 9.47 Å². The van der Waals surface area contributed by atoms with Crippen molar-refractivity contribution in [2.24, 2.45) is 0 Å². The molecule has 3 saturated heterocycles. The molecule has 0 radical (unpaired) electrons. The van der Waals surface area contributed by atoms with Crippen LogP contribution in [0.3, 0.4) is 0 Å². The van der Waals surface area contributed by atoms with E-state index < -0.39 is 0 Å². The van der Waals surface area contributed by atoms with Crippen LogP contribution in [0.5, 0.6) is 0 Å². The molecule has 3 aliphatic rings. The van der Waals surface area contributed by atoms with Crippen molar-refractivity contribution in [3.05, 3.63) is 0 Å². The SMILES string of the molecule is C1CC2(CCN1)C[C@@H](N1CCOCC1)CO2.Cl. The topological polar surface area (TPSA) is 33.7 Å². The van der Waals surface area contributed by atoms with E-state index in [1.165, 1.54) is 19.3 Å². The first-order chi connectivity index (χ1) is 7.88. The Kier molecular flexibility index (Phi) is 4.66. The van der Waals surface area contributed by atoms with Gasteiger partial charge < -0.3 is 14.8 Å². The molecular formula is C12H23ClN2O2. The van der Waals surface area contributed by atoms with Crippen molar-refractivity contribution in [3.63, 3.8) is 0 Å². The first-order valence-electron chi connectivity index (χ1n) is 6.55. The second-order valence-electron chi connectivity index (χ2n) is 5.25. The van der Waals surface area contributed by atoms with Crippen molar-refractivity contribution in [1.29, 1.82) is 0 Å². The lowest BCUT2D eigenvalue weighted by Gasteiger charge is -2.35. The molecule has 17 heavy (non-hydrogen) atoms. The molecule has 0 aliphatic carbocycles. The van der Waals surface area contributed by atoms with Gasteiger partial charge in [-0.1, -0.05) is 0 Å². The van der Waals surface area contributed by atoms with Crippen LogP contribution in [-0.4, -0.2) is 62.5 Å². The van der Waals surface area contributed by atoms with Crippen LogP contribution in [0.15, 0.2) is 0 Å². The number of nitrogens with zero attached hydrogens (tertiary/aromatic N) is 1. The summed E-state index contributed by atoms with van der Waals surface area (Å²) >= 11 is 0. The van der Waals surface area contributed by atoms with Crippen LogP contribution in [0.2, 0.25) is 0 Å². The van der Waals surface area contributed by atoms with Gasteiger partial charge in [-0.3, -0.25) is 4.90 Å². The number of rotatable bonds is 1. The quantitative estimate of drug-likeness (QED) is 0.753. The smallest absolute Gasteiger partial charge is 0.0723 e. The molecule has 100 valence electrons. The van der Waals surface area contributed by atoms with E-state index in [1.807, 2.05) is 0 Å². The normalized spacial score (nSPS) is 33.5. The van der Waals surface area contributed by atoms with E-state index in [-0.39, 0.29) is 18.0 Å². The largest absolute Gasteiger partial charge is 0.379 e. The van der Waals surface area contributed by atoms with Crippen molar-refractivity contribution >= 4 is 12.4 Å². The van der Waals surface area contributed by atoms with Gasteiger partial charge in [0.1, 0.15) is 0 Å². The van der Waals surface area contributed by atoms with Crippen LogP contribution >= 0.6 is 12.4 Å². The Labute approximate surface area is 109 Å². The summed E-state index contributed by atoms with van der Waals surface area (Å²) in [6.07, 6.45) is 3.61. The minimum absolute atomic E-state index is 0. The maximum Gasteiger partial charge on any atom is 0.0723 e. The molecule has 1 spiro atoms. The summed E-state index contributed by atoms with van der Waals surface area (Å²) in [7, 11) is 0. The molecular weight excluding hydrogens is 240 g/mol. The molecule has 1 atom stereocenters. The van der Waals surface area contributed by atoms with Crippen LogP contribution in [0, 0.1) is 0 Å². The molecule has 0 bridgehead atoms. The Balaban J connectivity index is 0.00000108. The van der Waals surface area contributed by atoms with Crippen LogP contribution < -0.4 is 5.32 Å². The standard InChI is InChI=1S/C12H22N2O2.ClH/c1-3-13-4-2-12(1)9-11(10-16-12)14-5-7-15-8-6-14;/h11,13H,1-10H2;1H/t11-;/m1./s1. The fourth-order valence-electron chi connectivity index (χ4n) is 3.23. The Morgan fingerprint density at radius 1 is 1.12 bits per heavy atom. The molecule has 3 rings (SSSR count). The summed E-state index contributed by atoms with van der Waals surface area (Å²) in [6.45, 7) is 7.13. The molecule has 3 aliphatic heterocycles. The zero-order valence-electron chi connectivity index (χ0n) is 10.3. The summed E-state index contributed by atoms with van der Waals surface area (Å²) in [5.74, 6) is 0. The highest BCUT2D eigenvalue weighted by atomic mass is 35.5. The molecule has 3 fully saturated rings. The maximum atomic E-state index is 6.12. The van der Waals surface area contributed by atoms with Gasteiger partial charge in [-0.05, 0) is 32.4 Å². The molecule has 0 aromatic carbocycles. The maximum absolute atomic E-state index is 6.12. The van der Waals surface area contributed by atoms with Crippen molar-refractivity contribution in [3.8, 4) is 0 Å². The van der Waals surface area contributed by atoms with Gasteiger partial charge in [-0.2, -0.15) is 0 Å². The predicted octanol–water partition coefficient (Wildman–Crippen LogP) is 0.651. The minimum atomic E-state index is 0. The van der Waals surface area contributed by atoms with Crippen molar-refractivity contribution in [2.75, 3.05) is 46.0 Å². The first-order valence-corrected chi connectivity index (χ1v) is 6.55. The van der Waals surface area contributed by atoms with Gasteiger partial charge in [0.05, 0.1) is 25.4 Å². The molecule has 0 aromatic rings. The third-order valence-corrected chi connectivity index (χ3v) is 4.27. The highest BCUT2D eigenvalue weighted by molar-refractivity contribution is 5.85. The summed E-state index contributed by atoms with van der Waals surface area (Å²) < 4.78 is 11.5. The van der Waals surface area contributed by atoms with E-state index in [4.69, 9.17) is 9.47 Å². The van der Waals surface area contributed by atoms with Crippen LogP contribution in [-0.2, 0) is 9.47 Å². The summed E-state index contributed by atoms with van der Waals surface area (Å²) in [5.41, 5.74) is 0.203. The highest BCUT2D eigenvalue weighted by Crippen LogP contribution is 2.36. The van der Waals surface area contributed by atoms with Gasteiger partial charge in [-0.25, -0.2) is 0 Å². The van der Waals surface area contributed by atoms with E-state index in [9.17, 15) is 0 Å². The zero-order chi connectivity index (χ0) is 10.8. The number of nitrogens with one attached hydrogen (secondary N) is 1. The summed E-state index contributed by atoms with van der Waals surface area (Å²) in [5, 5.41) is 3.42. The Morgan fingerprint density at radius 2 is 1.82 bits per heavy atom. The molecule has 1 N–H and O–H groups in total. The average Bonchev–Trinajstić information content (AvgIpc) is 2.75. The van der Waals surface area contributed by atoms with Gasteiger partial charge in [0.2, 0.25) is 0 Å². The third kappa shape index (κ3) is 2.93. The Bertz CT molecular complexity index is 241. The second kappa shape index (κ2) is 5.85. The molecule has 4 nitrogen and oxygen atoms in total. The number of halogens is 1. The van der Waals surface area contributed by atoms with Gasteiger partial charge >= 0.3 is 0 Å². The second-order valence-corrected chi connectivity index (χ2v) is 5.25. The molecule has 5 heteroatoms. The van der Waals surface area contributed by atoms with E-state index in [0.717, 1.165) is 46.0 Å². The molecule has 0 unspecified atom stereocenters. The fourth-order valence-corrected chi connectivity index (χ4v) is 3.23. The minimum Gasteiger partial charge on any atom is -0.379 e. The van der Waals surface area contributed by atoms with Crippen LogP contribution in [0.4, 0.5) is 0 Å². The molecule has 3 heterocycles. The van der Waals surface area contributed by atoms with E-state index in [1.54, 1.807) is 0 Å². The summed E-state index contributed by atoms with van der Waals surface area (Å²) in [4.78, 5) is 2.56. The highest BCUT2D eigenvalue weighted by Gasteiger charge is 2.43. The number of hydrogen-bond donors (Lipinski definition) is 1. The van der Waals surface area contributed by atoms with Gasteiger partial charge in [-0.15, -0.1) is 12.4 Å². The molecule has 0 amide bonds. The number of hydrogen-bond acceptors (Lipinski definition) is 4. The molecule has 0 aromatic heterocycles. The lowest BCUT2D eigenvalue weighted by molar-refractivity contribution is -0.0221. The van der Waals surface area contributed by atoms with E-state index in [2.05, 4.69) is 10.2 Å². The number of ether oxygens (including phenoxy) is 2. The van der Waals surface area contributed by atoms with E-state index >= 15 is 0 Å². The van der Waals surface area contributed by atoms with Gasteiger partial charge in [0.25, 0.3) is 0 Å². The third-order valence-electron chi connectivity index (χ3n) is 4.27. The monoisotopic (exact) mass is 262 g/mol. The van der Waals surface area contributed by atoms with E-state index in [0.29, 0.717) is 6.04 Å². The predicted molar refractivity (Wildman–Crippen MR) is 68.8 cm³/mol. The Morgan fingerprint density at radius 3 is 2.53 bits per heavy atom. The lowest BCUT2D eigenvalue weighted by Crippen LogP contribution is -2.46. The summed E-state index contributed by atoms with van der Waals surface area (Å²) in [6, 6.07) is 0.641. The number of morpholine rings is 1. The van der Waals surface area contributed by atoms with Gasteiger partial charge in [0, 0.05) is 19.1 Å². The first kappa shape index (κ1) is 13.6. The van der Waals surface area contributed by atoms with Crippen LogP contribution in [0.1, 0.15) is 19.3 Å².